The lowest BCUT2D eigenvalue weighted by molar-refractivity contribution is 0.967. The number of pyridine rings is 1. The molecule has 7 heteroatoms. The second-order valence-electron chi connectivity index (χ2n) is 3.54. The minimum absolute atomic E-state index is 0.467. The lowest BCUT2D eigenvalue weighted by atomic mass is 10.4. The van der Waals surface area contributed by atoms with Gasteiger partial charge in [-0.1, -0.05) is 23.1 Å². The second kappa shape index (κ2) is 5.44. The lowest BCUT2D eigenvalue weighted by Gasteiger charge is -2.03. The molecule has 2 heterocycles. The normalized spacial score (nSPS) is 10.5. The van der Waals surface area contributed by atoms with E-state index in [-0.39, 0.29) is 0 Å². The summed E-state index contributed by atoms with van der Waals surface area (Å²) in [6, 6.07) is 3.92. The van der Waals surface area contributed by atoms with E-state index in [1.807, 2.05) is 37.3 Å². The third kappa shape index (κ3) is 3.15. The van der Waals surface area contributed by atoms with Crippen molar-refractivity contribution in [1.82, 2.24) is 15.2 Å². The first-order valence-electron chi connectivity index (χ1n) is 5.02. The molecule has 0 aliphatic rings. The van der Waals surface area contributed by atoms with Crippen LogP contribution in [0.15, 0.2) is 27.6 Å². The maximum Gasteiger partial charge on any atom is 0.208 e. The number of nitrogens with two attached hydrogens (primary N) is 1. The first kappa shape index (κ1) is 12.3. The third-order valence-electron chi connectivity index (χ3n) is 1.99. The first-order valence-corrected chi connectivity index (χ1v) is 6.66. The molecule has 2 aromatic heterocycles. The molecular weight excluding hydrogens is 254 g/mol. The van der Waals surface area contributed by atoms with Crippen LogP contribution in [0.4, 0.5) is 5.13 Å². The highest BCUT2D eigenvalue weighted by atomic mass is 32.2. The summed E-state index contributed by atoms with van der Waals surface area (Å²) in [6.07, 6.45) is 1.81. The first-order chi connectivity index (χ1) is 8.19. The molecule has 90 valence electrons. The number of hydrogen-bond donors (Lipinski definition) is 1. The van der Waals surface area contributed by atoms with E-state index in [4.69, 9.17) is 5.73 Å². The van der Waals surface area contributed by atoms with Crippen LogP contribution >= 0.6 is 23.1 Å². The Bertz CT molecular complexity index is 480. The molecule has 0 aliphatic carbocycles. The van der Waals surface area contributed by atoms with Crippen LogP contribution in [0.5, 0.6) is 0 Å². The van der Waals surface area contributed by atoms with Crippen molar-refractivity contribution in [3.8, 4) is 0 Å². The van der Waals surface area contributed by atoms with Gasteiger partial charge in [-0.3, -0.25) is 4.98 Å². The Morgan fingerprint density at radius 1 is 1.35 bits per heavy atom. The summed E-state index contributed by atoms with van der Waals surface area (Å²) >= 11 is 3.12. The molecule has 0 aromatic carbocycles. The molecule has 0 fully saturated rings. The van der Waals surface area contributed by atoms with Crippen molar-refractivity contribution in [3.05, 3.63) is 24.0 Å². The van der Waals surface area contributed by atoms with E-state index in [2.05, 4.69) is 15.2 Å². The Morgan fingerprint density at radius 3 is 2.71 bits per heavy atom. The topological polar surface area (TPSA) is 67.9 Å². The van der Waals surface area contributed by atoms with Gasteiger partial charge in [0.1, 0.15) is 0 Å². The van der Waals surface area contributed by atoms with E-state index >= 15 is 0 Å². The quantitative estimate of drug-likeness (QED) is 0.907. The van der Waals surface area contributed by atoms with Crippen LogP contribution in [0.25, 0.3) is 0 Å². The highest BCUT2D eigenvalue weighted by Crippen LogP contribution is 2.32. The smallest absolute Gasteiger partial charge is 0.208 e. The van der Waals surface area contributed by atoms with E-state index in [0.29, 0.717) is 6.54 Å². The lowest BCUT2D eigenvalue weighted by Crippen LogP contribution is -2.07. The number of nitrogens with zero attached hydrogens (tertiary/aromatic N) is 4. The molecule has 5 nitrogen and oxygen atoms in total. The fourth-order valence-electron chi connectivity index (χ4n) is 1.12. The zero-order valence-electron chi connectivity index (χ0n) is 9.62. The Balaban J connectivity index is 2.08. The molecule has 2 N–H and O–H groups in total. The molecule has 2 aromatic rings. The van der Waals surface area contributed by atoms with Crippen molar-refractivity contribution in [2.75, 3.05) is 19.0 Å². The zero-order chi connectivity index (χ0) is 12.3. The summed E-state index contributed by atoms with van der Waals surface area (Å²) in [5, 5.41) is 9.09. The van der Waals surface area contributed by atoms with E-state index < -0.39 is 0 Å². The van der Waals surface area contributed by atoms with E-state index in [1.54, 1.807) is 23.1 Å². The van der Waals surface area contributed by atoms with Gasteiger partial charge in [-0.25, -0.2) is 0 Å². The predicted octanol–water partition coefficient (Wildman–Crippen LogP) is 1.61. The van der Waals surface area contributed by atoms with E-state index in [1.165, 1.54) is 0 Å². The highest BCUT2D eigenvalue weighted by Gasteiger charge is 2.07. The number of rotatable bonds is 4. The fourth-order valence-corrected chi connectivity index (χ4v) is 2.82. The monoisotopic (exact) mass is 267 g/mol. The Kier molecular flexibility index (Phi) is 3.93. The number of aromatic nitrogens is 3. The fraction of sp³-hybridized carbons (Fsp3) is 0.300. The summed E-state index contributed by atoms with van der Waals surface area (Å²) in [4.78, 5) is 7.22. The SMILES string of the molecule is CN(C)c1nnc(Sc2ccc(CN)nc2)s1. The average molecular weight is 267 g/mol. The maximum atomic E-state index is 5.49. The standard InChI is InChI=1S/C10H13N5S2/c1-15(2)9-13-14-10(17-9)16-8-4-3-7(5-11)12-6-8/h3-4,6H,5,11H2,1-2H3. The van der Waals surface area contributed by atoms with E-state index in [0.717, 1.165) is 20.1 Å². The molecule has 0 spiro atoms. The van der Waals surface area contributed by atoms with Gasteiger partial charge in [-0.05, 0) is 12.1 Å². The van der Waals surface area contributed by atoms with Gasteiger partial charge in [0.05, 0.1) is 5.69 Å². The zero-order valence-corrected chi connectivity index (χ0v) is 11.3. The van der Waals surface area contributed by atoms with Gasteiger partial charge in [-0.15, -0.1) is 10.2 Å². The van der Waals surface area contributed by atoms with Gasteiger partial charge >= 0.3 is 0 Å². The van der Waals surface area contributed by atoms with Gasteiger partial charge in [-0.2, -0.15) is 0 Å². The van der Waals surface area contributed by atoms with Gasteiger partial charge in [0.15, 0.2) is 4.34 Å². The van der Waals surface area contributed by atoms with Crippen LogP contribution in [-0.4, -0.2) is 29.3 Å². The van der Waals surface area contributed by atoms with Crippen LogP contribution in [0, 0.1) is 0 Å². The molecule has 0 radical (unpaired) electrons. The molecule has 0 amide bonds. The molecule has 0 atom stereocenters. The summed E-state index contributed by atoms with van der Waals surface area (Å²) in [5.74, 6) is 0. The molecule has 0 aliphatic heterocycles. The average Bonchev–Trinajstić information content (AvgIpc) is 2.79. The van der Waals surface area contributed by atoms with Crippen molar-refractivity contribution in [1.29, 1.82) is 0 Å². The Labute approximate surface area is 108 Å². The van der Waals surface area contributed by atoms with E-state index in [9.17, 15) is 0 Å². The van der Waals surface area contributed by atoms with Crippen LogP contribution < -0.4 is 10.6 Å². The van der Waals surface area contributed by atoms with Crippen LogP contribution in [-0.2, 0) is 6.54 Å². The summed E-state index contributed by atoms with van der Waals surface area (Å²) < 4.78 is 0.913. The summed E-state index contributed by atoms with van der Waals surface area (Å²) in [7, 11) is 3.90. The van der Waals surface area contributed by atoms with Crippen molar-refractivity contribution < 1.29 is 0 Å². The van der Waals surface area contributed by atoms with Gasteiger partial charge in [0.2, 0.25) is 5.13 Å². The molecular formula is C10H13N5S2. The van der Waals surface area contributed by atoms with Crippen LogP contribution in [0.3, 0.4) is 0 Å². The van der Waals surface area contributed by atoms with Gasteiger partial charge in [0.25, 0.3) is 0 Å². The number of anilines is 1. The minimum Gasteiger partial charge on any atom is -0.353 e. The predicted molar refractivity (Wildman–Crippen MR) is 70.5 cm³/mol. The highest BCUT2D eigenvalue weighted by molar-refractivity contribution is 8.01. The summed E-state index contributed by atoms with van der Waals surface area (Å²) in [6.45, 7) is 0.467. The molecule has 17 heavy (non-hydrogen) atoms. The Morgan fingerprint density at radius 2 is 2.18 bits per heavy atom. The van der Waals surface area contributed by atoms with Crippen molar-refractivity contribution in [2.45, 2.75) is 15.8 Å². The molecule has 0 bridgehead atoms. The van der Waals surface area contributed by atoms with Crippen LogP contribution in [0.1, 0.15) is 5.69 Å². The second-order valence-corrected chi connectivity index (χ2v) is 5.81. The van der Waals surface area contributed by atoms with Crippen molar-refractivity contribution in [3.63, 3.8) is 0 Å². The molecule has 0 unspecified atom stereocenters. The molecule has 0 saturated carbocycles. The summed E-state index contributed by atoms with van der Waals surface area (Å²) in [5.41, 5.74) is 6.38. The van der Waals surface area contributed by atoms with Crippen LogP contribution in [0.2, 0.25) is 0 Å². The van der Waals surface area contributed by atoms with Gasteiger partial charge in [0, 0.05) is 31.7 Å². The van der Waals surface area contributed by atoms with Crippen molar-refractivity contribution >= 4 is 28.2 Å². The Hall–Kier alpha value is -1.18. The molecule has 2 rings (SSSR count). The number of hydrogen-bond acceptors (Lipinski definition) is 7. The van der Waals surface area contributed by atoms with Gasteiger partial charge < -0.3 is 10.6 Å². The minimum atomic E-state index is 0.467. The largest absolute Gasteiger partial charge is 0.353 e. The third-order valence-corrected chi connectivity index (χ3v) is 4.11. The molecule has 0 saturated heterocycles. The van der Waals surface area contributed by atoms with Crippen molar-refractivity contribution in [2.24, 2.45) is 5.73 Å². The maximum absolute atomic E-state index is 5.49.